The number of anilines is 1. The van der Waals surface area contributed by atoms with Crippen molar-refractivity contribution in [1.29, 1.82) is 0 Å². The van der Waals surface area contributed by atoms with Gasteiger partial charge in [-0.05, 0) is 74.1 Å². The predicted molar refractivity (Wildman–Crippen MR) is 170 cm³/mol. The first-order valence-electron chi connectivity index (χ1n) is 15.0. The molecule has 1 fully saturated rings. The van der Waals surface area contributed by atoms with E-state index in [4.69, 9.17) is 4.74 Å². The highest BCUT2D eigenvalue weighted by molar-refractivity contribution is 7.92. The van der Waals surface area contributed by atoms with Crippen molar-refractivity contribution in [2.75, 3.05) is 18.0 Å². The van der Waals surface area contributed by atoms with Gasteiger partial charge in [0.1, 0.15) is 18.3 Å². The van der Waals surface area contributed by atoms with Crippen molar-refractivity contribution in [2.24, 2.45) is 0 Å². The number of amides is 2. The fourth-order valence-electron chi connectivity index (χ4n) is 5.66. The van der Waals surface area contributed by atoms with Gasteiger partial charge in [0, 0.05) is 12.6 Å². The lowest BCUT2D eigenvalue weighted by atomic mass is 9.95. The number of aryl methyl sites for hydroxylation is 2. The number of methoxy groups -OCH3 is 1. The summed E-state index contributed by atoms with van der Waals surface area (Å²) in [4.78, 5) is 29.7. The van der Waals surface area contributed by atoms with Crippen molar-refractivity contribution in [2.45, 2.75) is 82.8 Å². The van der Waals surface area contributed by atoms with Gasteiger partial charge in [0.25, 0.3) is 10.0 Å². The number of nitrogens with one attached hydrogen (secondary N) is 1. The van der Waals surface area contributed by atoms with Crippen molar-refractivity contribution < 1.29 is 22.7 Å². The minimum atomic E-state index is -4.18. The summed E-state index contributed by atoms with van der Waals surface area (Å²) in [5, 5.41) is 3.19. The number of ether oxygens (including phenoxy) is 1. The van der Waals surface area contributed by atoms with Crippen LogP contribution in [0.4, 0.5) is 5.69 Å². The van der Waals surface area contributed by atoms with Gasteiger partial charge in [-0.15, -0.1) is 0 Å². The largest absolute Gasteiger partial charge is 0.495 e. The molecule has 1 aliphatic carbocycles. The molecular weight excluding hydrogens is 562 g/mol. The van der Waals surface area contributed by atoms with E-state index < -0.39 is 28.5 Å². The Balaban J connectivity index is 1.76. The second-order valence-electron chi connectivity index (χ2n) is 11.2. The fraction of sp³-hybridized carbons (Fsp3) is 0.412. The van der Waals surface area contributed by atoms with Crippen molar-refractivity contribution in [3.8, 4) is 5.75 Å². The summed E-state index contributed by atoms with van der Waals surface area (Å²) in [5.41, 5.74) is 2.95. The summed E-state index contributed by atoms with van der Waals surface area (Å²) in [6, 6.07) is 20.3. The van der Waals surface area contributed by atoms with Crippen LogP contribution in [0.15, 0.2) is 77.7 Å². The van der Waals surface area contributed by atoms with E-state index in [1.54, 1.807) is 30.3 Å². The maximum absolute atomic E-state index is 14.4. The van der Waals surface area contributed by atoms with Crippen molar-refractivity contribution in [1.82, 2.24) is 10.2 Å². The normalized spacial score (nSPS) is 14.5. The van der Waals surface area contributed by atoms with Gasteiger partial charge in [-0.2, -0.15) is 0 Å². The zero-order valence-electron chi connectivity index (χ0n) is 25.6. The van der Waals surface area contributed by atoms with Crippen LogP contribution >= 0.6 is 0 Å². The van der Waals surface area contributed by atoms with Crippen LogP contribution in [0.1, 0.15) is 62.1 Å². The lowest BCUT2D eigenvalue weighted by Crippen LogP contribution is -2.54. The summed E-state index contributed by atoms with van der Waals surface area (Å²) in [6.07, 6.45) is 5.52. The van der Waals surface area contributed by atoms with E-state index in [1.807, 2.05) is 51.1 Å². The topological polar surface area (TPSA) is 96.0 Å². The van der Waals surface area contributed by atoms with E-state index in [2.05, 4.69) is 5.32 Å². The van der Waals surface area contributed by atoms with Gasteiger partial charge >= 0.3 is 0 Å². The van der Waals surface area contributed by atoms with Crippen molar-refractivity contribution >= 4 is 27.5 Å². The van der Waals surface area contributed by atoms with E-state index in [9.17, 15) is 18.0 Å². The Kier molecular flexibility index (Phi) is 10.9. The number of nitrogens with zero attached hydrogens (tertiary/aromatic N) is 2. The molecule has 0 heterocycles. The molecule has 0 spiro atoms. The molecule has 2 amide bonds. The van der Waals surface area contributed by atoms with Gasteiger partial charge in [-0.25, -0.2) is 8.42 Å². The van der Waals surface area contributed by atoms with E-state index in [0.717, 1.165) is 53.1 Å². The molecule has 0 bridgehead atoms. The highest BCUT2D eigenvalue weighted by Gasteiger charge is 2.35. The first-order chi connectivity index (χ1) is 20.6. The lowest BCUT2D eigenvalue weighted by Gasteiger charge is -2.35. The van der Waals surface area contributed by atoms with Gasteiger partial charge in [0.15, 0.2) is 0 Å². The number of carbonyl (C=O) groups excluding carboxylic acids is 2. The Morgan fingerprint density at radius 2 is 1.63 bits per heavy atom. The maximum atomic E-state index is 14.4. The monoisotopic (exact) mass is 605 g/mol. The van der Waals surface area contributed by atoms with Gasteiger partial charge in [0.05, 0.1) is 17.7 Å². The molecule has 1 N–H and O–H groups in total. The Hall–Kier alpha value is -3.85. The molecule has 0 radical (unpaired) electrons. The standard InChI is InChI=1S/C34H43N3O5S/c1-5-30(34(39)35-28-16-8-6-9-17-28)36(23-27-15-13-12-14-26(27)3)33(38)24-37(31-22-25(2)20-21-32(31)42-4)43(40,41)29-18-10-7-11-19-29/h7,10-15,18-22,28,30H,5-6,8-9,16-17,23-24H2,1-4H3,(H,35,39)/t30-/m0/s1. The highest BCUT2D eigenvalue weighted by atomic mass is 32.2. The third kappa shape index (κ3) is 7.76. The second kappa shape index (κ2) is 14.6. The Morgan fingerprint density at radius 3 is 2.28 bits per heavy atom. The van der Waals surface area contributed by atoms with Gasteiger partial charge in [-0.1, -0.05) is 74.7 Å². The number of hydrogen-bond acceptors (Lipinski definition) is 5. The average Bonchev–Trinajstić information content (AvgIpc) is 3.01. The van der Waals surface area contributed by atoms with Crippen molar-refractivity contribution in [3.05, 3.63) is 89.5 Å². The molecule has 9 heteroatoms. The molecule has 0 aliphatic heterocycles. The molecule has 43 heavy (non-hydrogen) atoms. The Labute approximate surface area is 256 Å². The highest BCUT2D eigenvalue weighted by Crippen LogP contribution is 2.34. The molecule has 0 aromatic heterocycles. The predicted octanol–water partition coefficient (Wildman–Crippen LogP) is 5.76. The molecule has 3 aromatic carbocycles. The number of benzene rings is 3. The fourth-order valence-corrected chi connectivity index (χ4v) is 7.10. The number of hydrogen-bond donors (Lipinski definition) is 1. The summed E-state index contributed by atoms with van der Waals surface area (Å²) < 4.78 is 34.9. The molecule has 0 saturated heterocycles. The van der Waals surface area contributed by atoms with Gasteiger partial charge in [0.2, 0.25) is 11.8 Å². The quantitative estimate of drug-likeness (QED) is 0.283. The van der Waals surface area contributed by atoms with E-state index in [0.29, 0.717) is 12.2 Å². The molecule has 1 saturated carbocycles. The Morgan fingerprint density at radius 1 is 0.953 bits per heavy atom. The van der Waals surface area contributed by atoms with Crippen LogP contribution in [0, 0.1) is 13.8 Å². The van der Waals surface area contributed by atoms with Crippen LogP contribution in [-0.4, -0.2) is 50.9 Å². The van der Waals surface area contributed by atoms with Crippen molar-refractivity contribution in [3.63, 3.8) is 0 Å². The summed E-state index contributed by atoms with van der Waals surface area (Å²) in [5.74, 6) is -0.357. The van der Waals surface area contributed by atoms with Crippen LogP contribution in [0.5, 0.6) is 5.75 Å². The number of rotatable bonds is 12. The second-order valence-corrected chi connectivity index (χ2v) is 13.1. The maximum Gasteiger partial charge on any atom is 0.264 e. The number of carbonyl (C=O) groups is 2. The van der Waals surface area contributed by atoms with E-state index in [1.165, 1.54) is 24.1 Å². The summed E-state index contributed by atoms with van der Waals surface area (Å²) in [7, 11) is -2.71. The smallest absolute Gasteiger partial charge is 0.264 e. The van der Waals surface area contributed by atoms with Crippen LogP contribution < -0.4 is 14.4 Å². The zero-order valence-corrected chi connectivity index (χ0v) is 26.4. The first kappa shape index (κ1) is 32.1. The summed E-state index contributed by atoms with van der Waals surface area (Å²) >= 11 is 0. The lowest BCUT2D eigenvalue weighted by molar-refractivity contribution is -0.140. The van der Waals surface area contributed by atoms with Crippen LogP contribution in [0.2, 0.25) is 0 Å². The minimum absolute atomic E-state index is 0.0545. The zero-order chi connectivity index (χ0) is 31.0. The third-order valence-corrected chi connectivity index (χ3v) is 9.93. The number of sulfonamides is 1. The molecule has 3 aromatic rings. The van der Waals surface area contributed by atoms with E-state index >= 15 is 0 Å². The van der Waals surface area contributed by atoms with Gasteiger partial charge < -0.3 is 15.0 Å². The Bertz CT molecular complexity index is 1500. The average molecular weight is 606 g/mol. The third-order valence-electron chi connectivity index (χ3n) is 8.15. The molecule has 8 nitrogen and oxygen atoms in total. The van der Waals surface area contributed by atoms with E-state index in [-0.39, 0.29) is 29.1 Å². The summed E-state index contributed by atoms with van der Waals surface area (Å²) in [6.45, 7) is 5.36. The molecule has 1 atom stereocenters. The molecule has 4 rings (SSSR count). The molecule has 0 unspecified atom stereocenters. The molecule has 230 valence electrons. The minimum Gasteiger partial charge on any atom is -0.495 e. The van der Waals surface area contributed by atoms with Crippen LogP contribution in [0.3, 0.4) is 0 Å². The molecular formula is C34H43N3O5S. The molecule has 1 aliphatic rings. The van der Waals surface area contributed by atoms with Crippen LogP contribution in [-0.2, 0) is 26.2 Å². The first-order valence-corrected chi connectivity index (χ1v) is 16.5. The van der Waals surface area contributed by atoms with Gasteiger partial charge in [-0.3, -0.25) is 13.9 Å². The van der Waals surface area contributed by atoms with Crippen LogP contribution in [0.25, 0.3) is 0 Å². The SMILES string of the molecule is CC[C@@H](C(=O)NC1CCCCC1)N(Cc1ccccc1C)C(=O)CN(c1cc(C)ccc1OC)S(=O)(=O)c1ccccc1.